The number of allylic oxidation sites excluding steroid dienone is 2. The minimum Gasteiger partial charge on any atom is -0.393 e. The average molecular weight is 404 g/mol. The fourth-order valence-corrected chi connectivity index (χ4v) is 7.93. The van der Waals surface area contributed by atoms with Crippen molar-refractivity contribution in [1.82, 2.24) is 4.57 Å². The van der Waals surface area contributed by atoms with Gasteiger partial charge in [0.25, 0.3) is 0 Å². The van der Waals surface area contributed by atoms with Crippen LogP contribution in [-0.2, 0) is 0 Å². The highest BCUT2D eigenvalue weighted by Crippen LogP contribution is 2.65. The molecule has 1 heterocycles. The van der Waals surface area contributed by atoms with Gasteiger partial charge in [-0.15, -0.1) is 0 Å². The van der Waals surface area contributed by atoms with Gasteiger partial charge in [-0.25, -0.2) is 0 Å². The summed E-state index contributed by atoms with van der Waals surface area (Å²) < 4.78 is 2.33. The number of hydrogen-bond donors (Lipinski definition) is 2. The van der Waals surface area contributed by atoms with Crippen molar-refractivity contribution in [3.05, 3.63) is 54.3 Å². The van der Waals surface area contributed by atoms with Crippen molar-refractivity contribution in [2.75, 3.05) is 0 Å². The van der Waals surface area contributed by atoms with Crippen LogP contribution in [0.4, 0.5) is 0 Å². The lowest BCUT2D eigenvalue weighted by Gasteiger charge is -2.58. The lowest BCUT2D eigenvalue weighted by molar-refractivity contribution is -0.0589. The normalized spacial score (nSPS) is 42.9. The predicted octanol–water partition coefficient (Wildman–Crippen LogP) is 5.39. The Bertz CT molecular complexity index is 1060. The van der Waals surface area contributed by atoms with Crippen molar-refractivity contribution in [2.24, 2.45) is 28.6 Å². The second-order valence-electron chi connectivity index (χ2n) is 10.8. The highest BCUT2D eigenvalue weighted by molar-refractivity contribution is 5.84. The topological polar surface area (TPSA) is 45.4 Å². The van der Waals surface area contributed by atoms with Crippen LogP contribution >= 0.6 is 0 Å². The number of benzene rings is 1. The second kappa shape index (κ2) is 6.34. The van der Waals surface area contributed by atoms with Gasteiger partial charge in [-0.3, -0.25) is 0 Å². The van der Waals surface area contributed by atoms with Crippen LogP contribution in [0.1, 0.15) is 52.4 Å². The second-order valence-corrected chi connectivity index (χ2v) is 10.8. The minimum atomic E-state index is -0.383. The van der Waals surface area contributed by atoms with Crippen LogP contribution in [0, 0.1) is 28.6 Å². The molecule has 2 saturated carbocycles. The molecule has 4 aliphatic carbocycles. The first kappa shape index (κ1) is 18.9. The maximum absolute atomic E-state index is 11.3. The van der Waals surface area contributed by atoms with Crippen LogP contribution in [0.15, 0.2) is 54.3 Å². The molecule has 4 aliphatic rings. The van der Waals surface area contributed by atoms with E-state index in [-0.39, 0.29) is 29.0 Å². The third-order valence-corrected chi connectivity index (χ3v) is 9.47. The summed E-state index contributed by atoms with van der Waals surface area (Å²) in [7, 11) is 0. The highest BCUT2D eigenvalue weighted by Gasteiger charge is 2.59. The van der Waals surface area contributed by atoms with E-state index in [1.807, 2.05) is 0 Å². The third-order valence-electron chi connectivity index (χ3n) is 9.47. The maximum Gasteiger partial charge on any atom is 0.0780 e. The van der Waals surface area contributed by atoms with Gasteiger partial charge in [0.05, 0.1) is 17.7 Å². The van der Waals surface area contributed by atoms with E-state index in [0.29, 0.717) is 11.8 Å². The molecule has 6 rings (SSSR count). The quantitative estimate of drug-likeness (QED) is 0.627. The smallest absolute Gasteiger partial charge is 0.0780 e. The molecule has 0 aliphatic heterocycles. The molecule has 30 heavy (non-hydrogen) atoms. The molecule has 7 atom stereocenters. The number of hydrogen-bond acceptors (Lipinski definition) is 2. The first-order chi connectivity index (χ1) is 14.4. The first-order valence-corrected chi connectivity index (χ1v) is 11.8. The monoisotopic (exact) mass is 403 g/mol. The van der Waals surface area contributed by atoms with E-state index in [4.69, 9.17) is 0 Å². The molecule has 1 aromatic carbocycles. The van der Waals surface area contributed by atoms with E-state index in [1.165, 1.54) is 28.6 Å². The summed E-state index contributed by atoms with van der Waals surface area (Å²) in [5.74, 6) is 1.40. The molecule has 3 heteroatoms. The third kappa shape index (κ3) is 2.39. The highest BCUT2D eigenvalue weighted by atomic mass is 16.3. The molecule has 2 N–H and O–H groups in total. The van der Waals surface area contributed by atoms with Gasteiger partial charge in [-0.1, -0.05) is 43.7 Å². The molecule has 0 radical (unpaired) electrons. The molecule has 0 bridgehead atoms. The Kier molecular flexibility index (Phi) is 3.99. The molecule has 158 valence electrons. The van der Waals surface area contributed by atoms with E-state index in [1.54, 1.807) is 0 Å². The Morgan fingerprint density at radius 2 is 1.80 bits per heavy atom. The summed E-state index contributed by atoms with van der Waals surface area (Å²) >= 11 is 0. The number of rotatable bonds is 1. The molecule has 0 saturated heterocycles. The van der Waals surface area contributed by atoms with E-state index in [0.717, 1.165) is 32.1 Å². The van der Waals surface area contributed by atoms with Crippen LogP contribution in [0.5, 0.6) is 0 Å². The average Bonchev–Trinajstić information content (AvgIpc) is 3.26. The zero-order valence-electron chi connectivity index (χ0n) is 18.1. The summed E-state index contributed by atoms with van der Waals surface area (Å²) in [6, 6.07) is 10.7. The van der Waals surface area contributed by atoms with Gasteiger partial charge < -0.3 is 14.8 Å². The molecule has 0 amide bonds. The lowest BCUT2D eigenvalue weighted by atomic mass is 9.47. The first-order valence-electron chi connectivity index (χ1n) is 11.8. The van der Waals surface area contributed by atoms with Crippen molar-refractivity contribution in [2.45, 2.75) is 64.6 Å². The van der Waals surface area contributed by atoms with Crippen molar-refractivity contribution in [3.63, 3.8) is 0 Å². The van der Waals surface area contributed by atoms with Crippen molar-refractivity contribution >= 4 is 16.6 Å². The Balaban J connectivity index is 1.40. The van der Waals surface area contributed by atoms with Gasteiger partial charge in [0, 0.05) is 23.2 Å². The molecule has 4 unspecified atom stereocenters. The molecule has 2 fully saturated rings. The van der Waals surface area contributed by atoms with Crippen LogP contribution < -0.4 is 0 Å². The van der Waals surface area contributed by atoms with E-state index >= 15 is 0 Å². The van der Waals surface area contributed by atoms with Crippen LogP contribution in [0.3, 0.4) is 0 Å². The maximum atomic E-state index is 11.3. The molecule has 0 spiro atoms. The number of aromatic nitrogens is 1. The van der Waals surface area contributed by atoms with Gasteiger partial charge in [0.1, 0.15) is 0 Å². The van der Waals surface area contributed by atoms with Gasteiger partial charge >= 0.3 is 0 Å². The Labute approximate surface area is 179 Å². The van der Waals surface area contributed by atoms with Crippen molar-refractivity contribution < 1.29 is 10.2 Å². The SMILES string of the molecule is C[C@]12CC[C@H](O)CC1=CCC1C2CC[C@]2(C)C(n3ccc4ccccc43)=CC(O)C12. The zero-order valence-corrected chi connectivity index (χ0v) is 18.1. The molecule has 2 aromatic rings. The van der Waals surface area contributed by atoms with E-state index in [2.05, 4.69) is 67.1 Å². The standard InChI is InChI=1S/C27H33NO2/c1-26-12-9-19(29)15-18(26)7-8-20-21(26)10-13-27(2)24(16-23(30)25(20)27)28-14-11-17-5-3-4-6-22(17)28/h3-7,11,14,16,19-21,23,25,29-30H,8-10,12-13,15H2,1-2H3/t19-,20?,21?,23?,25?,26-,27+/m0/s1. The summed E-state index contributed by atoms with van der Waals surface area (Å²) in [5, 5.41) is 22.8. The van der Waals surface area contributed by atoms with Gasteiger partial charge in [0.2, 0.25) is 0 Å². The van der Waals surface area contributed by atoms with Crippen molar-refractivity contribution in [3.8, 4) is 0 Å². The lowest BCUT2D eigenvalue weighted by Crippen LogP contribution is -2.52. The van der Waals surface area contributed by atoms with Gasteiger partial charge in [-0.2, -0.15) is 0 Å². The number of nitrogens with zero attached hydrogens (tertiary/aromatic N) is 1. The van der Waals surface area contributed by atoms with Crippen LogP contribution in [-0.4, -0.2) is 27.0 Å². The van der Waals surface area contributed by atoms with Gasteiger partial charge in [0.15, 0.2) is 0 Å². The fraction of sp³-hybridized carbons (Fsp3) is 0.556. The van der Waals surface area contributed by atoms with Gasteiger partial charge in [-0.05, 0) is 79.4 Å². The van der Waals surface area contributed by atoms with E-state index in [9.17, 15) is 10.2 Å². The summed E-state index contributed by atoms with van der Waals surface area (Å²) in [6.07, 6.45) is 12.5. The molecule has 1 aromatic heterocycles. The Hall–Kier alpha value is -1.84. The number of fused-ring (bicyclic) bond motifs is 6. The number of para-hydroxylation sites is 1. The van der Waals surface area contributed by atoms with Crippen molar-refractivity contribution in [1.29, 1.82) is 0 Å². The molecular weight excluding hydrogens is 370 g/mol. The molecular formula is C27H33NO2. The largest absolute Gasteiger partial charge is 0.393 e. The Morgan fingerprint density at radius 3 is 2.67 bits per heavy atom. The number of aliphatic hydroxyl groups excluding tert-OH is 2. The summed E-state index contributed by atoms with van der Waals surface area (Å²) in [6.45, 7) is 4.84. The summed E-state index contributed by atoms with van der Waals surface area (Å²) in [4.78, 5) is 0. The zero-order chi connectivity index (χ0) is 20.7. The minimum absolute atomic E-state index is 0.00173. The number of aliphatic hydroxyl groups is 2. The van der Waals surface area contributed by atoms with Crippen LogP contribution in [0.25, 0.3) is 16.6 Å². The molecule has 3 nitrogen and oxygen atoms in total. The van der Waals surface area contributed by atoms with Crippen LogP contribution in [0.2, 0.25) is 0 Å². The fourth-order valence-electron chi connectivity index (χ4n) is 7.93. The summed E-state index contributed by atoms with van der Waals surface area (Å²) in [5.41, 5.74) is 4.21. The predicted molar refractivity (Wildman–Crippen MR) is 121 cm³/mol. The van der Waals surface area contributed by atoms with E-state index < -0.39 is 0 Å². The Morgan fingerprint density at radius 1 is 1.00 bits per heavy atom.